The number of carbonyl (C=O) groups excluding carboxylic acids is 1. The van der Waals surface area contributed by atoms with E-state index in [1.807, 2.05) is 18.2 Å². The highest BCUT2D eigenvalue weighted by molar-refractivity contribution is 5.74. The largest absolute Gasteiger partial charge is 0.508 e. The molecule has 2 nitrogen and oxygen atoms in total. The molecule has 1 N–H and O–H groups in total. The predicted molar refractivity (Wildman–Crippen MR) is 81.4 cm³/mol. The molecule has 2 heteroatoms. The van der Waals surface area contributed by atoms with E-state index in [4.69, 9.17) is 0 Å². The van der Waals surface area contributed by atoms with Crippen LogP contribution in [0.1, 0.15) is 47.8 Å². The molecule has 0 saturated heterocycles. The number of rotatable bonds is 3. The van der Waals surface area contributed by atoms with Gasteiger partial charge in [0.1, 0.15) is 12.0 Å². The highest BCUT2D eigenvalue weighted by Gasteiger charge is 2.15. The Morgan fingerprint density at radius 2 is 1.70 bits per heavy atom. The minimum Gasteiger partial charge on any atom is -0.508 e. The quantitative estimate of drug-likeness (QED) is 0.851. The van der Waals surface area contributed by atoms with Crippen molar-refractivity contribution in [1.82, 2.24) is 0 Å². The summed E-state index contributed by atoms with van der Waals surface area (Å²) in [6, 6.07) is 13.2. The molecule has 0 aliphatic heterocycles. The second-order valence-corrected chi connectivity index (χ2v) is 6.13. The van der Waals surface area contributed by atoms with Crippen LogP contribution in [0.2, 0.25) is 0 Å². The fourth-order valence-electron chi connectivity index (χ4n) is 2.13. The molecule has 2 rings (SSSR count). The zero-order valence-corrected chi connectivity index (χ0v) is 12.2. The number of phenols is 1. The molecule has 0 saturated carbocycles. The van der Waals surface area contributed by atoms with Gasteiger partial charge in [-0.15, -0.1) is 0 Å². The van der Waals surface area contributed by atoms with E-state index in [0.717, 1.165) is 17.4 Å². The molecular formula is C18H20O2. The van der Waals surface area contributed by atoms with Crippen molar-refractivity contribution in [2.45, 2.75) is 32.6 Å². The van der Waals surface area contributed by atoms with Gasteiger partial charge in [0.25, 0.3) is 0 Å². The third kappa shape index (κ3) is 3.27. The van der Waals surface area contributed by atoms with Crippen LogP contribution in [-0.4, -0.2) is 11.4 Å². The minimum absolute atomic E-state index is 0.0594. The third-order valence-electron chi connectivity index (χ3n) is 3.46. The highest BCUT2D eigenvalue weighted by atomic mass is 16.3. The molecule has 2 aromatic carbocycles. The van der Waals surface area contributed by atoms with Gasteiger partial charge in [-0.05, 0) is 28.2 Å². The van der Waals surface area contributed by atoms with Crippen LogP contribution in [0.4, 0.5) is 0 Å². The van der Waals surface area contributed by atoms with E-state index in [0.29, 0.717) is 17.7 Å². The first-order chi connectivity index (χ1) is 9.40. The molecule has 0 radical (unpaired) electrons. The van der Waals surface area contributed by atoms with Crippen LogP contribution in [0, 0.1) is 0 Å². The number of aldehydes is 1. The summed E-state index contributed by atoms with van der Waals surface area (Å²) in [4.78, 5) is 10.6. The first kappa shape index (κ1) is 14.3. The summed E-state index contributed by atoms with van der Waals surface area (Å²) in [6.45, 7) is 6.46. The zero-order valence-electron chi connectivity index (χ0n) is 12.2. The predicted octanol–water partition coefficient (Wildman–Crippen LogP) is 4.09. The summed E-state index contributed by atoms with van der Waals surface area (Å²) in [5.41, 5.74) is 3.92. The van der Waals surface area contributed by atoms with Gasteiger partial charge in [-0.1, -0.05) is 57.2 Å². The molecule has 0 fully saturated rings. The Hall–Kier alpha value is -2.09. The van der Waals surface area contributed by atoms with Gasteiger partial charge in [-0.25, -0.2) is 0 Å². The molecule has 0 aliphatic rings. The number of hydrogen-bond donors (Lipinski definition) is 1. The van der Waals surface area contributed by atoms with Crippen molar-refractivity contribution >= 4 is 6.29 Å². The Kier molecular flexibility index (Phi) is 3.93. The lowest BCUT2D eigenvalue weighted by Crippen LogP contribution is -2.11. The number of phenolic OH excluding ortho intramolecular Hbond substituents is 1. The third-order valence-corrected chi connectivity index (χ3v) is 3.46. The minimum atomic E-state index is 0.0594. The molecule has 0 aromatic heterocycles. The van der Waals surface area contributed by atoms with Crippen LogP contribution >= 0.6 is 0 Å². The molecule has 20 heavy (non-hydrogen) atoms. The van der Waals surface area contributed by atoms with Gasteiger partial charge in [0, 0.05) is 12.0 Å². The normalized spacial score (nSPS) is 11.3. The maximum absolute atomic E-state index is 10.6. The summed E-state index contributed by atoms with van der Waals surface area (Å²) in [6.07, 6.45) is 1.50. The first-order valence-corrected chi connectivity index (χ1v) is 6.76. The fraction of sp³-hybridized carbons (Fsp3) is 0.278. The molecule has 104 valence electrons. The van der Waals surface area contributed by atoms with Crippen LogP contribution < -0.4 is 0 Å². The second-order valence-electron chi connectivity index (χ2n) is 6.13. The summed E-state index contributed by atoms with van der Waals surface area (Å²) >= 11 is 0. The van der Waals surface area contributed by atoms with Crippen LogP contribution in [0.3, 0.4) is 0 Å². The smallest absolute Gasteiger partial charge is 0.150 e. The van der Waals surface area contributed by atoms with Crippen LogP contribution in [0.25, 0.3) is 0 Å². The van der Waals surface area contributed by atoms with Crippen molar-refractivity contribution in [2.24, 2.45) is 0 Å². The van der Waals surface area contributed by atoms with E-state index in [1.165, 1.54) is 5.56 Å². The van der Waals surface area contributed by atoms with Gasteiger partial charge in [-0.3, -0.25) is 4.79 Å². The SMILES string of the molecule is CC(C)(C)c1ccc(O)c(Cc2ccc(C=O)cc2)c1. The zero-order chi connectivity index (χ0) is 14.8. The molecular weight excluding hydrogens is 248 g/mol. The molecule has 0 bridgehead atoms. The Labute approximate surface area is 120 Å². The van der Waals surface area contributed by atoms with E-state index >= 15 is 0 Å². The number of aromatic hydroxyl groups is 1. The van der Waals surface area contributed by atoms with E-state index < -0.39 is 0 Å². The van der Waals surface area contributed by atoms with E-state index in [1.54, 1.807) is 18.2 Å². The summed E-state index contributed by atoms with van der Waals surface area (Å²) in [5, 5.41) is 10.0. The fourth-order valence-corrected chi connectivity index (χ4v) is 2.13. The summed E-state index contributed by atoms with van der Waals surface area (Å²) < 4.78 is 0. The van der Waals surface area contributed by atoms with Gasteiger partial charge in [0.2, 0.25) is 0 Å². The van der Waals surface area contributed by atoms with Crippen molar-refractivity contribution in [3.05, 3.63) is 64.7 Å². The highest BCUT2D eigenvalue weighted by Crippen LogP contribution is 2.28. The lowest BCUT2D eigenvalue weighted by atomic mass is 9.85. The lowest BCUT2D eigenvalue weighted by molar-refractivity contribution is 0.112. The number of hydrogen-bond acceptors (Lipinski definition) is 2. The van der Waals surface area contributed by atoms with Gasteiger partial charge in [0.15, 0.2) is 0 Å². The molecule has 0 atom stereocenters. The van der Waals surface area contributed by atoms with Crippen molar-refractivity contribution < 1.29 is 9.90 Å². The van der Waals surface area contributed by atoms with Gasteiger partial charge < -0.3 is 5.11 Å². The van der Waals surface area contributed by atoms with E-state index in [2.05, 4.69) is 26.8 Å². The molecule has 0 unspecified atom stereocenters. The first-order valence-electron chi connectivity index (χ1n) is 6.76. The standard InChI is InChI=1S/C18H20O2/c1-18(2,3)16-8-9-17(20)15(11-16)10-13-4-6-14(12-19)7-5-13/h4-9,11-12,20H,10H2,1-3H3. The molecule has 0 amide bonds. The Morgan fingerprint density at radius 3 is 2.25 bits per heavy atom. The van der Waals surface area contributed by atoms with E-state index in [-0.39, 0.29) is 5.41 Å². The Morgan fingerprint density at radius 1 is 1.05 bits per heavy atom. The lowest BCUT2D eigenvalue weighted by Gasteiger charge is -2.20. The number of benzene rings is 2. The van der Waals surface area contributed by atoms with Crippen molar-refractivity contribution in [1.29, 1.82) is 0 Å². The average molecular weight is 268 g/mol. The molecule has 0 heterocycles. The van der Waals surface area contributed by atoms with Crippen LogP contribution in [-0.2, 0) is 11.8 Å². The van der Waals surface area contributed by atoms with Crippen molar-refractivity contribution in [2.75, 3.05) is 0 Å². The maximum atomic E-state index is 10.6. The van der Waals surface area contributed by atoms with Gasteiger partial charge in [0.05, 0.1) is 0 Å². The molecule has 0 spiro atoms. The molecule has 2 aromatic rings. The monoisotopic (exact) mass is 268 g/mol. The summed E-state index contributed by atoms with van der Waals surface area (Å²) in [7, 11) is 0. The van der Waals surface area contributed by atoms with Crippen molar-refractivity contribution in [3.8, 4) is 5.75 Å². The number of carbonyl (C=O) groups is 1. The second kappa shape index (κ2) is 5.49. The van der Waals surface area contributed by atoms with Gasteiger partial charge in [-0.2, -0.15) is 0 Å². The molecule has 0 aliphatic carbocycles. The van der Waals surface area contributed by atoms with Crippen LogP contribution in [0.15, 0.2) is 42.5 Å². The topological polar surface area (TPSA) is 37.3 Å². The Bertz CT molecular complexity index is 604. The Balaban J connectivity index is 2.30. The average Bonchev–Trinajstić information content (AvgIpc) is 2.41. The van der Waals surface area contributed by atoms with Gasteiger partial charge >= 0.3 is 0 Å². The summed E-state index contributed by atoms with van der Waals surface area (Å²) in [5.74, 6) is 0.317. The van der Waals surface area contributed by atoms with E-state index in [9.17, 15) is 9.90 Å². The van der Waals surface area contributed by atoms with Crippen LogP contribution in [0.5, 0.6) is 5.75 Å². The maximum Gasteiger partial charge on any atom is 0.150 e. The van der Waals surface area contributed by atoms with Crippen molar-refractivity contribution in [3.63, 3.8) is 0 Å².